The number of halogens is 1. The largest absolute Gasteiger partial charge is 0.507 e. The maximum absolute atomic E-state index is 13.9. The normalized spacial score (nSPS) is 15.1. The molecule has 2 aromatic carbocycles. The second-order valence-corrected chi connectivity index (χ2v) is 9.12. The van der Waals surface area contributed by atoms with Gasteiger partial charge in [0, 0.05) is 43.8 Å². The number of pyridine rings is 2. The molecule has 1 aliphatic rings. The van der Waals surface area contributed by atoms with Crippen molar-refractivity contribution in [3.05, 3.63) is 124 Å². The van der Waals surface area contributed by atoms with E-state index in [1.807, 2.05) is 55.5 Å². The van der Waals surface area contributed by atoms with Crippen molar-refractivity contribution in [1.82, 2.24) is 14.5 Å². The zero-order valence-electron chi connectivity index (χ0n) is 20.2. The van der Waals surface area contributed by atoms with Crippen molar-refractivity contribution < 1.29 is 9.50 Å². The second kappa shape index (κ2) is 10.3. The molecule has 5 rings (SSSR count). The molecule has 1 atom stereocenters. The summed E-state index contributed by atoms with van der Waals surface area (Å²) < 4.78 is 15.1. The summed E-state index contributed by atoms with van der Waals surface area (Å²) in [5.74, 6) is -0.271. The molecule has 3 heterocycles. The van der Waals surface area contributed by atoms with Crippen LogP contribution in [0.2, 0.25) is 0 Å². The van der Waals surface area contributed by atoms with Gasteiger partial charge in [0.25, 0.3) is 5.56 Å². The van der Waals surface area contributed by atoms with Crippen LogP contribution in [0, 0.1) is 12.7 Å². The molecular weight excluding hydrogens is 455 g/mol. The minimum Gasteiger partial charge on any atom is -0.507 e. The Kier molecular flexibility index (Phi) is 6.82. The van der Waals surface area contributed by atoms with E-state index >= 15 is 0 Å². The maximum atomic E-state index is 13.9. The number of benzene rings is 2. The summed E-state index contributed by atoms with van der Waals surface area (Å²) in [4.78, 5) is 22.9. The predicted octanol–water partition coefficient (Wildman–Crippen LogP) is 4.36. The molecule has 1 aliphatic heterocycles. The molecule has 1 saturated heterocycles. The topological polar surface area (TPSA) is 61.6 Å². The first-order chi connectivity index (χ1) is 17.5. The molecule has 1 fully saturated rings. The van der Waals surface area contributed by atoms with Gasteiger partial charge in [0.15, 0.2) is 0 Å². The van der Waals surface area contributed by atoms with Gasteiger partial charge >= 0.3 is 0 Å². The third-order valence-corrected chi connectivity index (χ3v) is 6.82. The van der Waals surface area contributed by atoms with Gasteiger partial charge in [-0.15, -0.1) is 0 Å². The van der Waals surface area contributed by atoms with E-state index < -0.39 is 6.04 Å². The SMILES string of the molecule is Cc1cc(O)c([C@H](c2ccccn2)N2CCN(c3ccc(F)cc3)CC2)c(=O)n1Cc1ccccc1. The van der Waals surface area contributed by atoms with Gasteiger partial charge in [0.05, 0.1) is 23.8 Å². The zero-order chi connectivity index (χ0) is 25.1. The molecule has 7 heteroatoms. The minimum atomic E-state index is -0.489. The van der Waals surface area contributed by atoms with Crippen LogP contribution in [0.1, 0.15) is 28.6 Å². The molecule has 0 spiro atoms. The summed E-state index contributed by atoms with van der Waals surface area (Å²) in [5, 5.41) is 11.1. The molecule has 0 aliphatic carbocycles. The average Bonchev–Trinajstić information content (AvgIpc) is 2.91. The van der Waals surface area contributed by atoms with Crippen LogP contribution in [0.15, 0.2) is 89.9 Å². The van der Waals surface area contributed by atoms with Crippen LogP contribution in [0.4, 0.5) is 10.1 Å². The van der Waals surface area contributed by atoms with Crippen LogP contribution in [0.5, 0.6) is 5.75 Å². The van der Waals surface area contributed by atoms with Crippen LogP contribution < -0.4 is 10.5 Å². The molecule has 0 amide bonds. The first-order valence-corrected chi connectivity index (χ1v) is 12.1. The van der Waals surface area contributed by atoms with Gasteiger partial charge < -0.3 is 14.6 Å². The lowest BCUT2D eigenvalue weighted by atomic mass is 9.99. The van der Waals surface area contributed by atoms with Crippen molar-refractivity contribution in [3.63, 3.8) is 0 Å². The Morgan fingerprint density at radius 1 is 0.944 bits per heavy atom. The monoisotopic (exact) mass is 484 g/mol. The number of hydrogen-bond donors (Lipinski definition) is 1. The first-order valence-electron chi connectivity index (χ1n) is 12.1. The fraction of sp³-hybridized carbons (Fsp3) is 0.241. The van der Waals surface area contributed by atoms with E-state index in [9.17, 15) is 14.3 Å². The number of aromatic nitrogens is 2. The average molecular weight is 485 g/mol. The van der Waals surface area contributed by atoms with Crippen molar-refractivity contribution in [2.75, 3.05) is 31.1 Å². The van der Waals surface area contributed by atoms with Crippen LogP contribution in [-0.2, 0) is 6.54 Å². The molecule has 0 radical (unpaired) electrons. The van der Waals surface area contributed by atoms with E-state index in [1.54, 1.807) is 29.0 Å². The molecule has 6 nitrogen and oxygen atoms in total. The summed E-state index contributed by atoms with van der Waals surface area (Å²) in [6, 6.07) is 23.2. The standard InChI is InChI=1S/C29H29FN4O2/c1-21-19-26(35)27(29(36)34(21)20-22-7-3-2-4-8-22)28(25-9-5-6-14-31-25)33-17-15-32(16-18-33)24-12-10-23(30)11-13-24/h2-14,19,28,35H,15-18,20H2,1H3/t28-/m0/s1. The number of anilines is 1. The van der Waals surface area contributed by atoms with Gasteiger partial charge in [0.1, 0.15) is 11.6 Å². The van der Waals surface area contributed by atoms with Crippen molar-refractivity contribution in [1.29, 1.82) is 0 Å². The molecule has 0 saturated carbocycles. The van der Waals surface area contributed by atoms with Gasteiger partial charge in [0.2, 0.25) is 0 Å². The van der Waals surface area contributed by atoms with Crippen molar-refractivity contribution >= 4 is 5.69 Å². The number of nitrogens with zero attached hydrogens (tertiary/aromatic N) is 4. The highest BCUT2D eigenvalue weighted by atomic mass is 19.1. The highest BCUT2D eigenvalue weighted by Crippen LogP contribution is 2.33. The summed E-state index contributed by atoms with van der Waals surface area (Å²) in [5.41, 5.74) is 3.52. The molecule has 2 aromatic heterocycles. The molecule has 36 heavy (non-hydrogen) atoms. The molecular formula is C29H29FN4O2. The van der Waals surface area contributed by atoms with Gasteiger partial charge in [-0.1, -0.05) is 36.4 Å². The Labute approximate surface area is 209 Å². The quantitative estimate of drug-likeness (QED) is 0.441. The van der Waals surface area contributed by atoms with E-state index in [0.717, 1.165) is 16.9 Å². The Hall–Kier alpha value is -3.97. The van der Waals surface area contributed by atoms with Crippen LogP contribution in [-0.4, -0.2) is 45.7 Å². The first kappa shape index (κ1) is 23.8. The van der Waals surface area contributed by atoms with Crippen molar-refractivity contribution in [3.8, 4) is 5.75 Å². The lowest BCUT2D eigenvalue weighted by Crippen LogP contribution is -2.49. The van der Waals surface area contributed by atoms with E-state index in [1.165, 1.54) is 12.1 Å². The summed E-state index contributed by atoms with van der Waals surface area (Å²) in [6.45, 7) is 4.99. The highest BCUT2D eigenvalue weighted by Gasteiger charge is 2.32. The van der Waals surface area contributed by atoms with Crippen LogP contribution in [0.25, 0.3) is 0 Å². The fourth-order valence-corrected chi connectivity index (χ4v) is 4.93. The van der Waals surface area contributed by atoms with Crippen molar-refractivity contribution in [2.24, 2.45) is 0 Å². The number of aryl methyl sites for hydroxylation is 1. The maximum Gasteiger partial charge on any atom is 0.260 e. The Morgan fingerprint density at radius 2 is 1.64 bits per heavy atom. The molecule has 0 unspecified atom stereocenters. The van der Waals surface area contributed by atoms with Crippen LogP contribution >= 0.6 is 0 Å². The third kappa shape index (κ3) is 4.88. The van der Waals surface area contributed by atoms with Gasteiger partial charge in [-0.05, 0) is 55.0 Å². The van der Waals surface area contributed by atoms with E-state index in [2.05, 4.69) is 14.8 Å². The Bertz CT molecular complexity index is 1370. The lowest BCUT2D eigenvalue weighted by Gasteiger charge is -2.40. The molecule has 4 aromatic rings. The fourth-order valence-electron chi connectivity index (χ4n) is 4.93. The summed E-state index contributed by atoms with van der Waals surface area (Å²) >= 11 is 0. The number of rotatable bonds is 6. The number of hydrogen-bond acceptors (Lipinski definition) is 5. The van der Waals surface area contributed by atoms with Crippen molar-refractivity contribution in [2.45, 2.75) is 19.5 Å². The summed E-state index contributed by atoms with van der Waals surface area (Å²) in [6.07, 6.45) is 1.71. The van der Waals surface area contributed by atoms with Gasteiger partial charge in [-0.3, -0.25) is 14.7 Å². The zero-order valence-corrected chi connectivity index (χ0v) is 20.2. The minimum absolute atomic E-state index is 0.0153. The lowest BCUT2D eigenvalue weighted by molar-refractivity contribution is 0.204. The Balaban J connectivity index is 1.50. The highest BCUT2D eigenvalue weighted by molar-refractivity contribution is 5.47. The van der Waals surface area contributed by atoms with Gasteiger partial charge in [-0.25, -0.2) is 4.39 Å². The predicted molar refractivity (Wildman–Crippen MR) is 139 cm³/mol. The third-order valence-electron chi connectivity index (χ3n) is 6.82. The molecule has 0 bridgehead atoms. The van der Waals surface area contributed by atoms with E-state index in [-0.39, 0.29) is 17.1 Å². The van der Waals surface area contributed by atoms with Gasteiger partial charge in [-0.2, -0.15) is 0 Å². The van der Waals surface area contributed by atoms with E-state index in [0.29, 0.717) is 44.0 Å². The summed E-state index contributed by atoms with van der Waals surface area (Å²) in [7, 11) is 0. The smallest absolute Gasteiger partial charge is 0.260 e. The second-order valence-electron chi connectivity index (χ2n) is 9.12. The Morgan fingerprint density at radius 3 is 2.31 bits per heavy atom. The van der Waals surface area contributed by atoms with E-state index in [4.69, 9.17) is 0 Å². The molecule has 184 valence electrons. The molecule has 1 N–H and O–H groups in total. The van der Waals surface area contributed by atoms with Crippen LogP contribution in [0.3, 0.4) is 0 Å². The number of aromatic hydroxyl groups is 1. The number of piperazine rings is 1.